The van der Waals surface area contributed by atoms with Crippen molar-refractivity contribution < 1.29 is 4.79 Å². The fourth-order valence-electron chi connectivity index (χ4n) is 2.76. The van der Waals surface area contributed by atoms with Gasteiger partial charge in [-0.25, -0.2) is 0 Å². The van der Waals surface area contributed by atoms with Crippen LogP contribution in [0, 0.1) is 11.8 Å². The maximum atomic E-state index is 11.0. The van der Waals surface area contributed by atoms with Gasteiger partial charge in [0.15, 0.2) is 0 Å². The number of piperidine rings is 1. The lowest BCUT2D eigenvalue weighted by molar-refractivity contribution is -0.123. The Bertz CT molecular complexity index is 205. The Morgan fingerprint density at radius 2 is 2.15 bits per heavy atom. The smallest absolute Gasteiger partial charge is 0.220 e. The molecule has 1 aliphatic carbocycles. The Hall–Kier alpha value is -0.570. The molecule has 1 saturated carbocycles. The number of primary amides is 1. The first-order valence-electron chi connectivity index (χ1n) is 5.30. The summed E-state index contributed by atoms with van der Waals surface area (Å²) in [6.07, 6.45) is 5.68. The van der Waals surface area contributed by atoms with Crippen LogP contribution in [0.4, 0.5) is 0 Å². The second-order valence-electron chi connectivity index (χ2n) is 4.38. The maximum absolute atomic E-state index is 11.0. The second kappa shape index (κ2) is 3.66. The summed E-state index contributed by atoms with van der Waals surface area (Å²) in [4.78, 5) is 11.0. The lowest BCUT2D eigenvalue weighted by Crippen LogP contribution is -2.46. The van der Waals surface area contributed by atoms with E-state index in [1.165, 1.54) is 12.8 Å². The number of fused-ring (bicyclic) bond motifs is 1. The van der Waals surface area contributed by atoms with Crippen LogP contribution in [0.5, 0.6) is 0 Å². The van der Waals surface area contributed by atoms with Gasteiger partial charge in [-0.2, -0.15) is 0 Å². The number of carbonyl (C=O) groups is 1. The van der Waals surface area contributed by atoms with Crippen molar-refractivity contribution in [3.8, 4) is 0 Å². The molecule has 0 aromatic rings. The van der Waals surface area contributed by atoms with Gasteiger partial charge in [-0.05, 0) is 44.6 Å². The van der Waals surface area contributed by atoms with Crippen LogP contribution in [0.2, 0.25) is 0 Å². The Labute approximate surface area is 79.1 Å². The molecule has 0 unspecified atom stereocenters. The van der Waals surface area contributed by atoms with Crippen molar-refractivity contribution in [1.82, 2.24) is 5.32 Å². The lowest BCUT2D eigenvalue weighted by Gasteiger charge is -2.38. The molecule has 1 saturated heterocycles. The minimum absolute atomic E-state index is 0.0935. The molecule has 3 nitrogen and oxygen atoms in total. The zero-order valence-electron chi connectivity index (χ0n) is 7.96. The van der Waals surface area contributed by atoms with Gasteiger partial charge in [0.25, 0.3) is 0 Å². The summed E-state index contributed by atoms with van der Waals surface area (Å²) in [5.41, 5.74) is 5.33. The monoisotopic (exact) mass is 182 g/mol. The highest BCUT2D eigenvalue weighted by Gasteiger charge is 2.33. The van der Waals surface area contributed by atoms with Crippen molar-refractivity contribution in [2.24, 2.45) is 17.6 Å². The number of carbonyl (C=O) groups excluding carboxylic acids is 1. The van der Waals surface area contributed by atoms with Crippen molar-refractivity contribution >= 4 is 5.91 Å². The van der Waals surface area contributed by atoms with E-state index in [1.807, 2.05) is 0 Å². The molecule has 3 heteroatoms. The lowest BCUT2D eigenvalue weighted by atomic mass is 9.74. The summed E-state index contributed by atoms with van der Waals surface area (Å²) in [5, 5.41) is 3.53. The standard InChI is InChI=1S/C10H18N2O/c11-10(13)8-3-4-9-7(6-8)2-1-5-12-9/h7-9,12H,1-6H2,(H2,11,13)/t7-,8+,9+/m1/s1. The van der Waals surface area contributed by atoms with Crippen molar-refractivity contribution in [1.29, 1.82) is 0 Å². The van der Waals surface area contributed by atoms with E-state index in [9.17, 15) is 4.79 Å². The van der Waals surface area contributed by atoms with Gasteiger partial charge in [0.2, 0.25) is 5.91 Å². The third-order valence-corrected chi connectivity index (χ3v) is 3.54. The molecule has 1 heterocycles. The number of nitrogens with one attached hydrogen (secondary N) is 1. The van der Waals surface area contributed by atoms with Gasteiger partial charge >= 0.3 is 0 Å². The highest BCUT2D eigenvalue weighted by molar-refractivity contribution is 5.76. The normalized spacial score (nSPS) is 39.5. The molecule has 1 aliphatic heterocycles. The molecular weight excluding hydrogens is 164 g/mol. The van der Waals surface area contributed by atoms with Gasteiger partial charge in [-0.15, -0.1) is 0 Å². The Kier molecular flexibility index (Phi) is 2.54. The number of amides is 1. The molecule has 74 valence electrons. The van der Waals surface area contributed by atoms with Crippen LogP contribution in [0.3, 0.4) is 0 Å². The van der Waals surface area contributed by atoms with E-state index in [-0.39, 0.29) is 11.8 Å². The van der Waals surface area contributed by atoms with Crippen LogP contribution in [0.1, 0.15) is 32.1 Å². The predicted octanol–water partition coefficient (Wildman–Crippen LogP) is 0.640. The summed E-state index contributed by atoms with van der Waals surface area (Å²) in [6.45, 7) is 1.16. The maximum Gasteiger partial charge on any atom is 0.220 e. The fourth-order valence-corrected chi connectivity index (χ4v) is 2.76. The van der Waals surface area contributed by atoms with Gasteiger partial charge in [0.05, 0.1) is 0 Å². The highest BCUT2D eigenvalue weighted by atomic mass is 16.1. The average Bonchev–Trinajstić information content (AvgIpc) is 2.17. The summed E-state index contributed by atoms with van der Waals surface area (Å²) < 4.78 is 0. The van der Waals surface area contributed by atoms with E-state index in [0.29, 0.717) is 12.0 Å². The molecule has 0 aromatic carbocycles. The first-order valence-corrected chi connectivity index (χ1v) is 5.30. The Morgan fingerprint density at radius 3 is 2.92 bits per heavy atom. The molecule has 0 bridgehead atoms. The Balaban J connectivity index is 1.95. The van der Waals surface area contributed by atoms with Gasteiger partial charge in [-0.3, -0.25) is 4.79 Å². The minimum Gasteiger partial charge on any atom is -0.369 e. The summed E-state index contributed by atoms with van der Waals surface area (Å²) in [5.74, 6) is 0.769. The summed E-state index contributed by atoms with van der Waals surface area (Å²) in [6, 6.07) is 0.671. The van der Waals surface area contributed by atoms with E-state index < -0.39 is 0 Å². The highest BCUT2D eigenvalue weighted by Crippen LogP contribution is 2.33. The van der Waals surface area contributed by atoms with Crippen LogP contribution in [-0.4, -0.2) is 18.5 Å². The molecule has 0 spiro atoms. The van der Waals surface area contributed by atoms with E-state index in [4.69, 9.17) is 5.73 Å². The third-order valence-electron chi connectivity index (χ3n) is 3.54. The molecule has 3 atom stereocenters. The SMILES string of the molecule is NC(=O)[C@H]1CC[C@@H]2NCCC[C@@H]2C1. The molecule has 13 heavy (non-hydrogen) atoms. The number of rotatable bonds is 1. The first-order chi connectivity index (χ1) is 6.27. The average molecular weight is 182 g/mol. The number of nitrogens with two attached hydrogens (primary N) is 1. The van der Waals surface area contributed by atoms with Gasteiger partial charge in [-0.1, -0.05) is 0 Å². The first kappa shape index (κ1) is 9.00. The van der Waals surface area contributed by atoms with Crippen molar-refractivity contribution in [2.45, 2.75) is 38.1 Å². The third kappa shape index (κ3) is 1.85. The molecular formula is C10H18N2O. The zero-order valence-corrected chi connectivity index (χ0v) is 7.96. The van der Waals surface area contributed by atoms with Crippen LogP contribution in [-0.2, 0) is 4.79 Å². The van der Waals surface area contributed by atoms with E-state index >= 15 is 0 Å². The summed E-state index contributed by atoms with van der Waals surface area (Å²) in [7, 11) is 0. The quantitative estimate of drug-likeness (QED) is 0.625. The molecule has 3 N–H and O–H groups in total. The van der Waals surface area contributed by atoms with Crippen LogP contribution in [0.25, 0.3) is 0 Å². The van der Waals surface area contributed by atoms with Crippen molar-refractivity contribution in [2.75, 3.05) is 6.54 Å². The minimum atomic E-state index is -0.0935. The van der Waals surface area contributed by atoms with Crippen LogP contribution >= 0.6 is 0 Å². The molecule has 0 radical (unpaired) electrons. The van der Waals surface area contributed by atoms with Crippen molar-refractivity contribution in [3.05, 3.63) is 0 Å². The molecule has 2 rings (SSSR count). The zero-order chi connectivity index (χ0) is 9.26. The topological polar surface area (TPSA) is 55.1 Å². The number of hydrogen-bond acceptors (Lipinski definition) is 2. The van der Waals surface area contributed by atoms with Crippen molar-refractivity contribution in [3.63, 3.8) is 0 Å². The van der Waals surface area contributed by atoms with E-state index in [2.05, 4.69) is 5.32 Å². The van der Waals surface area contributed by atoms with Crippen LogP contribution < -0.4 is 11.1 Å². The Morgan fingerprint density at radius 1 is 1.31 bits per heavy atom. The van der Waals surface area contributed by atoms with Crippen LogP contribution in [0.15, 0.2) is 0 Å². The molecule has 2 fully saturated rings. The largest absolute Gasteiger partial charge is 0.369 e. The van der Waals surface area contributed by atoms with E-state index in [1.54, 1.807) is 0 Å². The van der Waals surface area contributed by atoms with Gasteiger partial charge in [0.1, 0.15) is 0 Å². The van der Waals surface area contributed by atoms with Gasteiger partial charge < -0.3 is 11.1 Å². The predicted molar refractivity (Wildman–Crippen MR) is 51.1 cm³/mol. The van der Waals surface area contributed by atoms with E-state index in [0.717, 1.165) is 25.8 Å². The molecule has 0 aromatic heterocycles. The molecule has 2 aliphatic rings. The second-order valence-corrected chi connectivity index (χ2v) is 4.38. The fraction of sp³-hybridized carbons (Fsp3) is 0.900. The van der Waals surface area contributed by atoms with Gasteiger partial charge in [0, 0.05) is 12.0 Å². The molecule has 1 amide bonds. The number of hydrogen-bond donors (Lipinski definition) is 2. The summed E-state index contributed by atoms with van der Waals surface area (Å²) >= 11 is 0.